The summed E-state index contributed by atoms with van der Waals surface area (Å²) in [5.74, 6) is -0.0180. The van der Waals surface area contributed by atoms with E-state index in [0.29, 0.717) is 12.1 Å². The van der Waals surface area contributed by atoms with Crippen molar-refractivity contribution in [1.29, 1.82) is 0 Å². The van der Waals surface area contributed by atoms with Crippen molar-refractivity contribution in [3.63, 3.8) is 0 Å². The summed E-state index contributed by atoms with van der Waals surface area (Å²) < 4.78 is 1.80. The number of amides is 1. The molecule has 1 aromatic rings. The molecule has 0 spiro atoms. The second-order valence-electron chi connectivity index (χ2n) is 5.96. The molecule has 0 saturated carbocycles. The summed E-state index contributed by atoms with van der Waals surface area (Å²) in [5, 5.41) is 3.04. The summed E-state index contributed by atoms with van der Waals surface area (Å²) in [5.41, 5.74) is 0.823. The van der Waals surface area contributed by atoms with Gasteiger partial charge in [-0.1, -0.05) is 71.9 Å². The van der Waals surface area contributed by atoms with Crippen LogP contribution in [-0.2, 0) is 0 Å². The molecule has 20 heavy (non-hydrogen) atoms. The number of rotatable bonds is 7. The Morgan fingerprint density at radius 3 is 2.30 bits per heavy atom. The Hall–Kier alpha value is -0.350. The largest absolute Gasteiger partial charge is 0.352 e. The lowest BCUT2D eigenvalue weighted by molar-refractivity contribution is 0.0934. The first-order valence-electron chi connectivity index (χ1n) is 7.08. The molecule has 0 aliphatic carbocycles. The molecular formula is C16H23Br2NO. The van der Waals surface area contributed by atoms with Crippen LogP contribution in [0.15, 0.2) is 27.1 Å². The molecule has 1 amide bonds. The van der Waals surface area contributed by atoms with Gasteiger partial charge in [-0.05, 0) is 30.0 Å². The summed E-state index contributed by atoms with van der Waals surface area (Å²) >= 11 is 6.81. The minimum atomic E-state index is -0.0180. The van der Waals surface area contributed by atoms with Crippen LogP contribution in [0.3, 0.4) is 0 Å². The van der Waals surface area contributed by atoms with Crippen molar-refractivity contribution >= 4 is 37.8 Å². The van der Waals surface area contributed by atoms with Gasteiger partial charge in [0, 0.05) is 21.1 Å². The van der Waals surface area contributed by atoms with E-state index in [4.69, 9.17) is 0 Å². The van der Waals surface area contributed by atoms with Crippen LogP contribution in [0, 0.1) is 5.41 Å². The fraction of sp³-hybridized carbons (Fsp3) is 0.562. The van der Waals surface area contributed by atoms with Crippen molar-refractivity contribution in [3.8, 4) is 0 Å². The molecule has 0 radical (unpaired) electrons. The minimum absolute atomic E-state index is 0.0180. The number of carbonyl (C=O) groups excluding carboxylic acids is 1. The van der Waals surface area contributed by atoms with Crippen molar-refractivity contribution in [1.82, 2.24) is 5.32 Å². The SMILES string of the molecule is CCCCCC(C)(C)CNC(=O)c1cc(Br)cc(Br)c1. The Bertz CT molecular complexity index is 438. The first-order valence-corrected chi connectivity index (χ1v) is 8.67. The fourth-order valence-electron chi connectivity index (χ4n) is 2.05. The number of unbranched alkanes of at least 4 members (excludes halogenated alkanes) is 2. The number of nitrogens with one attached hydrogen (secondary N) is 1. The van der Waals surface area contributed by atoms with Crippen LogP contribution in [0.2, 0.25) is 0 Å². The predicted octanol–water partition coefficient (Wildman–Crippen LogP) is 5.55. The van der Waals surface area contributed by atoms with Gasteiger partial charge in [-0.15, -0.1) is 0 Å². The van der Waals surface area contributed by atoms with Gasteiger partial charge in [0.05, 0.1) is 0 Å². The van der Waals surface area contributed by atoms with Gasteiger partial charge in [0.2, 0.25) is 0 Å². The van der Waals surface area contributed by atoms with Crippen molar-refractivity contribution in [2.75, 3.05) is 6.54 Å². The van der Waals surface area contributed by atoms with E-state index in [1.807, 2.05) is 18.2 Å². The third-order valence-electron chi connectivity index (χ3n) is 3.31. The van der Waals surface area contributed by atoms with E-state index in [1.54, 1.807) is 0 Å². The maximum absolute atomic E-state index is 12.2. The highest BCUT2D eigenvalue weighted by Crippen LogP contribution is 2.23. The molecule has 0 fully saturated rings. The number of halogens is 2. The van der Waals surface area contributed by atoms with Gasteiger partial charge in [-0.25, -0.2) is 0 Å². The number of benzene rings is 1. The molecule has 4 heteroatoms. The molecule has 0 unspecified atom stereocenters. The highest BCUT2D eigenvalue weighted by Gasteiger charge is 2.19. The summed E-state index contributed by atoms with van der Waals surface area (Å²) in [6.45, 7) is 7.33. The second kappa shape index (κ2) is 8.18. The predicted molar refractivity (Wildman–Crippen MR) is 92.1 cm³/mol. The van der Waals surface area contributed by atoms with Crippen molar-refractivity contribution in [2.24, 2.45) is 5.41 Å². The lowest BCUT2D eigenvalue weighted by Crippen LogP contribution is -2.34. The lowest BCUT2D eigenvalue weighted by Gasteiger charge is -2.25. The zero-order chi connectivity index (χ0) is 15.2. The Balaban J connectivity index is 2.53. The minimum Gasteiger partial charge on any atom is -0.352 e. The van der Waals surface area contributed by atoms with Gasteiger partial charge in [-0.3, -0.25) is 4.79 Å². The van der Waals surface area contributed by atoms with Gasteiger partial charge >= 0.3 is 0 Å². The molecular weight excluding hydrogens is 382 g/mol. The van der Waals surface area contributed by atoms with Crippen LogP contribution in [0.5, 0.6) is 0 Å². The molecule has 0 saturated heterocycles. The summed E-state index contributed by atoms with van der Waals surface area (Å²) in [6, 6.07) is 5.60. The zero-order valence-corrected chi connectivity index (χ0v) is 15.6. The first-order chi connectivity index (χ1) is 9.34. The lowest BCUT2D eigenvalue weighted by atomic mass is 9.87. The van der Waals surface area contributed by atoms with Crippen LogP contribution in [0.1, 0.15) is 56.8 Å². The third kappa shape index (κ3) is 6.40. The van der Waals surface area contributed by atoms with Gasteiger partial charge in [0.15, 0.2) is 0 Å². The average Bonchev–Trinajstić information content (AvgIpc) is 2.35. The van der Waals surface area contributed by atoms with Crippen LogP contribution in [-0.4, -0.2) is 12.5 Å². The van der Waals surface area contributed by atoms with E-state index in [9.17, 15) is 4.79 Å². The van der Waals surface area contributed by atoms with Crippen molar-refractivity contribution < 1.29 is 4.79 Å². The molecule has 0 aliphatic rings. The van der Waals surface area contributed by atoms with E-state index < -0.39 is 0 Å². The molecule has 0 atom stereocenters. The third-order valence-corrected chi connectivity index (χ3v) is 4.23. The molecule has 2 nitrogen and oxygen atoms in total. The number of hydrogen-bond donors (Lipinski definition) is 1. The maximum Gasteiger partial charge on any atom is 0.251 e. The van der Waals surface area contributed by atoms with Crippen molar-refractivity contribution in [3.05, 3.63) is 32.7 Å². The standard InChI is InChI=1S/C16H23Br2NO/c1-4-5-6-7-16(2,3)11-19-15(20)12-8-13(17)10-14(18)9-12/h8-10H,4-7,11H2,1-3H3,(H,19,20). The average molecular weight is 405 g/mol. The van der Waals surface area contributed by atoms with E-state index in [-0.39, 0.29) is 11.3 Å². The quantitative estimate of drug-likeness (QED) is 0.593. The molecule has 0 heterocycles. The Labute approximate surface area is 139 Å². The normalized spacial score (nSPS) is 11.4. The van der Waals surface area contributed by atoms with E-state index in [2.05, 4.69) is 57.9 Å². The summed E-state index contributed by atoms with van der Waals surface area (Å²) in [6.07, 6.45) is 4.86. The Morgan fingerprint density at radius 2 is 1.75 bits per heavy atom. The fourth-order valence-corrected chi connectivity index (χ4v) is 3.34. The van der Waals surface area contributed by atoms with E-state index in [0.717, 1.165) is 15.4 Å². The number of carbonyl (C=O) groups is 1. The molecule has 0 bridgehead atoms. The van der Waals surface area contributed by atoms with E-state index >= 15 is 0 Å². The second-order valence-corrected chi connectivity index (χ2v) is 7.79. The van der Waals surface area contributed by atoms with Crippen molar-refractivity contribution in [2.45, 2.75) is 46.5 Å². The van der Waals surface area contributed by atoms with Crippen LogP contribution >= 0.6 is 31.9 Å². The van der Waals surface area contributed by atoms with Crippen LogP contribution in [0.4, 0.5) is 0 Å². The highest BCUT2D eigenvalue weighted by atomic mass is 79.9. The Morgan fingerprint density at radius 1 is 1.15 bits per heavy atom. The summed E-state index contributed by atoms with van der Waals surface area (Å²) in [7, 11) is 0. The highest BCUT2D eigenvalue weighted by molar-refractivity contribution is 9.11. The van der Waals surface area contributed by atoms with Gasteiger partial charge < -0.3 is 5.32 Å². The summed E-state index contributed by atoms with van der Waals surface area (Å²) in [4.78, 5) is 12.2. The van der Waals surface area contributed by atoms with Crippen LogP contribution < -0.4 is 5.32 Å². The van der Waals surface area contributed by atoms with E-state index in [1.165, 1.54) is 19.3 Å². The zero-order valence-electron chi connectivity index (χ0n) is 12.4. The monoisotopic (exact) mass is 403 g/mol. The smallest absolute Gasteiger partial charge is 0.251 e. The number of hydrogen-bond acceptors (Lipinski definition) is 1. The van der Waals surface area contributed by atoms with Gasteiger partial charge in [-0.2, -0.15) is 0 Å². The first kappa shape index (κ1) is 17.7. The molecule has 1 aromatic carbocycles. The molecule has 1 rings (SSSR count). The molecule has 112 valence electrons. The van der Waals surface area contributed by atoms with Gasteiger partial charge in [0.1, 0.15) is 0 Å². The molecule has 1 N–H and O–H groups in total. The van der Waals surface area contributed by atoms with Crippen LogP contribution in [0.25, 0.3) is 0 Å². The topological polar surface area (TPSA) is 29.1 Å². The maximum atomic E-state index is 12.2. The van der Waals surface area contributed by atoms with Gasteiger partial charge in [0.25, 0.3) is 5.91 Å². The molecule has 0 aliphatic heterocycles. The molecule has 0 aromatic heterocycles. The Kier molecular flexibility index (Phi) is 7.24.